The van der Waals surface area contributed by atoms with Crippen LogP contribution in [0, 0.1) is 0 Å². The molecule has 0 aliphatic heterocycles. The molecular weight excluding hydrogens is 240 g/mol. The monoisotopic (exact) mass is 254 g/mol. The molecule has 0 aromatic carbocycles. The van der Waals surface area contributed by atoms with Crippen molar-refractivity contribution < 1.29 is 27.9 Å². The lowest BCUT2D eigenvalue weighted by Crippen LogP contribution is -2.55. The van der Waals surface area contributed by atoms with Crippen LogP contribution in [0.15, 0.2) is 0 Å². The molecule has 0 aromatic heterocycles. The van der Waals surface area contributed by atoms with Crippen LogP contribution in [0.4, 0.5) is 4.79 Å². The normalized spacial score (nSPS) is 12.3. The summed E-state index contributed by atoms with van der Waals surface area (Å²) in [4.78, 5) is 21.6. The van der Waals surface area contributed by atoms with E-state index in [4.69, 9.17) is 5.11 Å². The summed E-state index contributed by atoms with van der Waals surface area (Å²) in [6, 6.07) is 0. The summed E-state index contributed by atoms with van der Waals surface area (Å²) in [6.45, 7) is 2.37. The van der Waals surface area contributed by atoms with Crippen LogP contribution in [0.5, 0.6) is 0 Å². The fraction of sp³-hybridized carbons (Fsp3) is 0.714. The van der Waals surface area contributed by atoms with Crippen LogP contribution in [-0.4, -0.2) is 49.6 Å². The maximum Gasteiger partial charge on any atom is 0.421 e. The number of hydrogen-bond donors (Lipinski definition) is 2. The summed E-state index contributed by atoms with van der Waals surface area (Å²) < 4.78 is 29.2. The lowest BCUT2D eigenvalue weighted by molar-refractivity contribution is -0.145. The third kappa shape index (κ3) is 3.07. The van der Waals surface area contributed by atoms with Crippen LogP contribution < -0.4 is 4.72 Å². The molecule has 8 nitrogen and oxygen atoms in total. The Balaban J connectivity index is 5.05. The molecule has 0 fully saturated rings. The van der Waals surface area contributed by atoms with Crippen LogP contribution in [-0.2, 0) is 19.7 Å². The highest BCUT2D eigenvalue weighted by Crippen LogP contribution is 2.15. The molecule has 94 valence electrons. The van der Waals surface area contributed by atoms with Crippen molar-refractivity contribution in [2.45, 2.75) is 19.4 Å². The molecule has 9 heteroatoms. The molecule has 0 rings (SSSR count). The smallest absolute Gasteiger partial charge is 0.421 e. The lowest BCUT2D eigenvalue weighted by Gasteiger charge is -2.29. The summed E-state index contributed by atoms with van der Waals surface area (Å²) in [7, 11) is -2.21. The SMILES string of the molecule is COC(=O)NS(=O)(=O)N(C)C(C)(C)C(=O)O. The Morgan fingerprint density at radius 2 is 1.81 bits per heavy atom. The Labute approximate surface area is 93.4 Å². The molecule has 0 bridgehead atoms. The molecule has 16 heavy (non-hydrogen) atoms. The van der Waals surface area contributed by atoms with E-state index >= 15 is 0 Å². The van der Waals surface area contributed by atoms with Gasteiger partial charge in [-0.25, -0.2) is 9.52 Å². The zero-order valence-electron chi connectivity index (χ0n) is 9.34. The third-order valence-electron chi connectivity index (χ3n) is 2.07. The van der Waals surface area contributed by atoms with Crippen molar-refractivity contribution in [3.63, 3.8) is 0 Å². The minimum Gasteiger partial charge on any atom is -0.480 e. The number of rotatable bonds is 4. The van der Waals surface area contributed by atoms with Crippen LogP contribution in [0.3, 0.4) is 0 Å². The van der Waals surface area contributed by atoms with Crippen LogP contribution >= 0.6 is 0 Å². The van der Waals surface area contributed by atoms with Crippen LogP contribution in [0.1, 0.15) is 13.8 Å². The predicted molar refractivity (Wildman–Crippen MR) is 53.9 cm³/mol. The predicted octanol–water partition coefficient (Wildman–Crippen LogP) is -0.618. The molecule has 0 aliphatic rings. The van der Waals surface area contributed by atoms with Crippen molar-refractivity contribution in [2.75, 3.05) is 14.2 Å². The minimum atomic E-state index is -4.25. The van der Waals surface area contributed by atoms with Crippen molar-refractivity contribution in [2.24, 2.45) is 0 Å². The summed E-state index contributed by atoms with van der Waals surface area (Å²) in [5.74, 6) is -1.34. The second kappa shape index (κ2) is 4.66. The number of carboxylic acids is 1. The van der Waals surface area contributed by atoms with Gasteiger partial charge in [-0.15, -0.1) is 0 Å². The number of hydrogen-bond acceptors (Lipinski definition) is 5. The Bertz CT molecular complexity index is 388. The Morgan fingerprint density at radius 1 is 1.38 bits per heavy atom. The number of aliphatic carboxylic acids is 1. The summed E-state index contributed by atoms with van der Waals surface area (Å²) >= 11 is 0. The van der Waals surface area contributed by atoms with Gasteiger partial charge in [0.05, 0.1) is 7.11 Å². The number of carbonyl (C=O) groups excluding carboxylic acids is 1. The van der Waals surface area contributed by atoms with E-state index in [-0.39, 0.29) is 0 Å². The molecule has 0 radical (unpaired) electrons. The summed E-state index contributed by atoms with van der Waals surface area (Å²) in [5, 5.41) is 8.82. The zero-order chi connectivity index (χ0) is 13.1. The molecule has 2 N–H and O–H groups in total. The molecule has 0 atom stereocenters. The van der Waals surface area contributed by atoms with E-state index in [0.29, 0.717) is 4.31 Å². The van der Waals surface area contributed by atoms with E-state index < -0.39 is 27.8 Å². The quantitative estimate of drug-likeness (QED) is 0.691. The molecular formula is C7H14N2O6S. The first-order valence-corrected chi connectivity index (χ1v) is 5.58. The zero-order valence-corrected chi connectivity index (χ0v) is 10.2. The Kier molecular flexibility index (Phi) is 4.27. The van der Waals surface area contributed by atoms with Crippen LogP contribution in [0.25, 0.3) is 0 Å². The van der Waals surface area contributed by atoms with Crippen molar-refractivity contribution >= 4 is 22.3 Å². The summed E-state index contributed by atoms with van der Waals surface area (Å²) in [6.07, 6.45) is -1.19. The highest BCUT2D eigenvalue weighted by atomic mass is 32.2. The van der Waals surface area contributed by atoms with E-state index in [1.807, 2.05) is 0 Å². The first-order valence-electron chi connectivity index (χ1n) is 4.14. The van der Waals surface area contributed by atoms with E-state index in [9.17, 15) is 18.0 Å². The van der Waals surface area contributed by atoms with Gasteiger partial charge in [-0.2, -0.15) is 12.7 Å². The van der Waals surface area contributed by atoms with Crippen molar-refractivity contribution in [1.29, 1.82) is 0 Å². The van der Waals surface area contributed by atoms with Gasteiger partial charge in [-0.05, 0) is 13.8 Å². The molecule has 0 aliphatic carbocycles. The molecule has 0 unspecified atom stereocenters. The van der Waals surface area contributed by atoms with Crippen molar-refractivity contribution in [1.82, 2.24) is 9.03 Å². The second-order valence-electron chi connectivity index (χ2n) is 3.43. The third-order valence-corrected chi connectivity index (χ3v) is 3.67. The van der Waals surface area contributed by atoms with E-state index in [0.717, 1.165) is 14.2 Å². The lowest BCUT2D eigenvalue weighted by atomic mass is 10.1. The molecule has 0 saturated carbocycles. The molecule has 1 amide bonds. The van der Waals surface area contributed by atoms with Gasteiger partial charge in [0, 0.05) is 7.05 Å². The van der Waals surface area contributed by atoms with Crippen molar-refractivity contribution in [3.05, 3.63) is 0 Å². The topological polar surface area (TPSA) is 113 Å². The number of amides is 1. The Hall–Kier alpha value is -1.35. The molecule has 0 saturated heterocycles. The summed E-state index contributed by atoms with van der Waals surface area (Å²) in [5.41, 5.74) is -1.68. The van der Waals surface area contributed by atoms with Gasteiger partial charge in [0.1, 0.15) is 5.54 Å². The minimum absolute atomic E-state index is 0.527. The maximum absolute atomic E-state index is 11.5. The van der Waals surface area contributed by atoms with Gasteiger partial charge >= 0.3 is 22.3 Å². The number of nitrogens with one attached hydrogen (secondary N) is 1. The fourth-order valence-corrected chi connectivity index (χ4v) is 1.76. The highest BCUT2D eigenvalue weighted by Gasteiger charge is 2.40. The van der Waals surface area contributed by atoms with Gasteiger partial charge in [-0.3, -0.25) is 4.79 Å². The average molecular weight is 254 g/mol. The first kappa shape index (κ1) is 14.6. The number of ether oxygens (including phenoxy) is 1. The van der Waals surface area contributed by atoms with E-state index in [1.165, 1.54) is 13.8 Å². The maximum atomic E-state index is 11.5. The van der Waals surface area contributed by atoms with Gasteiger partial charge in [-0.1, -0.05) is 0 Å². The molecule has 0 aromatic rings. The van der Waals surface area contributed by atoms with E-state index in [1.54, 1.807) is 4.72 Å². The number of methoxy groups -OCH3 is 1. The van der Waals surface area contributed by atoms with Gasteiger partial charge in [0.2, 0.25) is 0 Å². The van der Waals surface area contributed by atoms with Crippen molar-refractivity contribution in [3.8, 4) is 0 Å². The number of carboxylic acid groups (broad SMARTS) is 1. The second-order valence-corrected chi connectivity index (χ2v) is 5.13. The fourth-order valence-electron chi connectivity index (χ4n) is 0.651. The van der Waals surface area contributed by atoms with Gasteiger partial charge in [0.25, 0.3) is 0 Å². The largest absolute Gasteiger partial charge is 0.480 e. The molecule has 0 spiro atoms. The Morgan fingerprint density at radius 3 is 2.12 bits per heavy atom. The van der Waals surface area contributed by atoms with Crippen LogP contribution in [0.2, 0.25) is 0 Å². The number of likely N-dealkylation sites (N-methyl/N-ethyl adjacent to an activating group) is 1. The first-order chi connectivity index (χ1) is 7.05. The van der Waals surface area contributed by atoms with E-state index in [2.05, 4.69) is 4.74 Å². The standard InChI is InChI=1S/C7H14N2O6S/c1-7(2,5(10)11)9(3)16(13,14)8-6(12)15-4/h1-4H3,(H,8,12)(H,10,11). The highest BCUT2D eigenvalue weighted by molar-refractivity contribution is 7.87. The van der Waals surface area contributed by atoms with Gasteiger partial charge in [0.15, 0.2) is 0 Å². The average Bonchev–Trinajstić information content (AvgIpc) is 2.15. The van der Waals surface area contributed by atoms with Gasteiger partial charge < -0.3 is 9.84 Å². The number of carbonyl (C=O) groups is 2. The molecule has 0 heterocycles. The number of nitrogens with zero attached hydrogens (tertiary/aromatic N) is 1.